The molecule has 0 saturated carbocycles. The Hall–Kier alpha value is -3.48. The largest absolute Gasteiger partial charge is 0.354 e. The Kier molecular flexibility index (Phi) is 5.30. The fourth-order valence-corrected chi connectivity index (χ4v) is 2.79. The van der Waals surface area contributed by atoms with Gasteiger partial charge in [-0.1, -0.05) is 36.4 Å². The Bertz CT molecular complexity index is 941. The summed E-state index contributed by atoms with van der Waals surface area (Å²) in [7, 11) is 1.51. The summed E-state index contributed by atoms with van der Waals surface area (Å²) in [6, 6.07) is 10.8. The summed E-state index contributed by atoms with van der Waals surface area (Å²) in [6.45, 7) is 1.91. The first-order valence-electron chi connectivity index (χ1n) is 8.58. The van der Waals surface area contributed by atoms with E-state index < -0.39 is 5.91 Å². The Balaban J connectivity index is 1.94. The molecular weight excluding hydrogens is 344 g/mol. The Morgan fingerprint density at radius 1 is 1.15 bits per heavy atom. The number of aromatic nitrogens is 2. The molecule has 1 aromatic heterocycles. The lowest BCUT2D eigenvalue weighted by Gasteiger charge is -2.16. The molecule has 1 aliphatic carbocycles. The maximum absolute atomic E-state index is 12.8. The number of hydrogen-bond donors (Lipinski definition) is 2. The van der Waals surface area contributed by atoms with Gasteiger partial charge >= 0.3 is 0 Å². The molecule has 0 bridgehead atoms. The van der Waals surface area contributed by atoms with Crippen molar-refractivity contribution in [1.29, 1.82) is 0 Å². The molecule has 0 saturated heterocycles. The first kappa shape index (κ1) is 18.3. The van der Waals surface area contributed by atoms with Gasteiger partial charge in [-0.3, -0.25) is 19.1 Å². The molecule has 7 heteroatoms. The van der Waals surface area contributed by atoms with Crippen LogP contribution in [0.2, 0.25) is 0 Å². The van der Waals surface area contributed by atoms with Crippen LogP contribution in [0.15, 0.2) is 60.3 Å². The number of benzene rings is 1. The monoisotopic (exact) mass is 364 g/mol. The van der Waals surface area contributed by atoms with Crippen molar-refractivity contribution in [2.24, 2.45) is 0 Å². The number of carbonyl (C=O) groups is 3. The molecular formula is C20H20N4O3. The molecule has 27 heavy (non-hydrogen) atoms. The van der Waals surface area contributed by atoms with E-state index in [1.165, 1.54) is 23.9 Å². The molecule has 1 heterocycles. The summed E-state index contributed by atoms with van der Waals surface area (Å²) in [6.07, 6.45) is 4.89. The quantitative estimate of drug-likeness (QED) is 0.849. The zero-order valence-electron chi connectivity index (χ0n) is 15.1. The first-order chi connectivity index (χ1) is 13.0. The number of nitrogens with zero attached hydrogens (tertiary/aromatic N) is 2. The molecule has 1 aliphatic rings. The van der Waals surface area contributed by atoms with Crippen molar-refractivity contribution in [1.82, 2.24) is 20.4 Å². The minimum absolute atomic E-state index is 0.0161. The highest BCUT2D eigenvalue weighted by atomic mass is 16.2. The zero-order chi connectivity index (χ0) is 19.4. The van der Waals surface area contributed by atoms with Crippen molar-refractivity contribution in [3.05, 3.63) is 77.3 Å². The van der Waals surface area contributed by atoms with Crippen LogP contribution < -0.4 is 10.6 Å². The van der Waals surface area contributed by atoms with E-state index in [2.05, 4.69) is 15.7 Å². The zero-order valence-corrected chi connectivity index (χ0v) is 15.1. The molecule has 3 rings (SSSR count). The Morgan fingerprint density at radius 3 is 2.52 bits per heavy atom. The van der Waals surface area contributed by atoms with E-state index in [1.54, 1.807) is 12.2 Å². The average Bonchev–Trinajstić information content (AvgIpc) is 3.15. The van der Waals surface area contributed by atoms with Crippen molar-refractivity contribution in [2.75, 3.05) is 7.05 Å². The van der Waals surface area contributed by atoms with Crippen LogP contribution in [-0.2, 0) is 4.79 Å². The first-order valence-corrected chi connectivity index (χ1v) is 8.58. The van der Waals surface area contributed by atoms with Gasteiger partial charge in [0.1, 0.15) is 5.69 Å². The number of hydrogen-bond acceptors (Lipinski definition) is 4. The molecule has 1 atom stereocenters. The van der Waals surface area contributed by atoms with E-state index in [0.717, 1.165) is 5.56 Å². The van der Waals surface area contributed by atoms with Crippen molar-refractivity contribution in [3.8, 4) is 0 Å². The van der Waals surface area contributed by atoms with E-state index in [9.17, 15) is 14.4 Å². The lowest BCUT2D eigenvalue weighted by Crippen LogP contribution is -2.27. The van der Waals surface area contributed by atoms with Crippen molar-refractivity contribution in [3.63, 3.8) is 0 Å². The topological polar surface area (TPSA) is 93.1 Å². The molecule has 138 valence electrons. The van der Waals surface area contributed by atoms with Gasteiger partial charge in [0.25, 0.3) is 11.8 Å². The van der Waals surface area contributed by atoms with Gasteiger partial charge in [0.2, 0.25) is 0 Å². The Labute approximate surface area is 156 Å². The normalized spacial score (nSPS) is 14.4. The summed E-state index contributed by atoms with van der Waals surface area (Å²) in [5, 5.41) is 9.62. The smallest absolute Gasteiger partial charge is 0.273 e. The maximum atomic E-state index is 12.8. The summed E-state index contributed by atoms with van der Waals surface area (Å²) >= 11 is 0. The molecule has 0 fully saturated rings. The van der Waals surface area contributed by atoms with Gasteiger partial charge in [-0.05, 0) is 24.6 Å². The molecule has 0 spiro atoms. The van der Waals surface area contributed by atoms with Gasteiger partial charge in [0, 0.05) is 25.2 Å². The van der Waals surface area contributed by atoms with Gasteiger partial charge in [-0.25, -0.2) is 0 Å². The molecule has 1 aromatic carbocycles. The van der Waals surface area contributed by atoms with Gasteiger partial charge in [0.05, 0.1) is 6.04 Å². The third kappa shape index (κ3) is 4.03. The van der Waals surface area contributed by atoms with E-state index >= 15 is 0 Å². The van der Waals surface area contributed by atoms with Crippen LogP contribution in [0.5, 0.6) is 0 Å². The molecule has 2 aromatic rings. The SMILES string of the molecule is CNC(=O)c1cc(C(=O)NC2=CCC(=O)C=C2)n([C@@H](C)c2ccccc2)n1. The van der Waals surface area contributed by atoms with Crippen LogP contribution in [0.4, 0.5) is 0 Å². The van der Waals surface area contributed by atoms with E-state index in [0.29, 0.717) is 5.70 Å². The van der Waals surface area contributed by atoms with Gasteiger partial charge < -0.3 is 10.6 Å². The minimum Gasteiger partial charge on any atom is -0.354 e. The van der Waals surface area contributed by atoms with Crippen molar-refractivity contribution < 1.29 is 14.4 Å². The second-order valence-corrected chi connectivity index (χ2v) is 6.14. The second kappa shape index (κ2) is 7.82. The standard InChI is InChI=1S/C20H20N4O3/c1-13(14-6-4-3-5-7-14)24-18(12-17(23-24)19(26)21-2)20(27)22-15-8-10-16(25)11-9-15/h3-10,12-13H,11H2,1-2H3,(H,21,26)(H,22,27)/t13-/m0/s1. The highest BCUT2D eigenvalue weighted by Gasteiger charge is 2.23. The van der Waals surface area contributed by atoms with E-state index in [4.69, 9.17) is 0 Å². The molecule has 2 amide bonds. The molecule has 0 unspecified atom stereocenters. The summed E-state index contributed by atoms with van der Waals surface area (Å²) in [5.41, 5.74) is 1.92. The predicted molar refractivity (Wildman–Crippen MR) is 100 cm³/mol. The summed E-state index contributed by atoms with van der Waals surface area (Å²) in [4.78, 5) is 36.1. The van der Waals surface area contributed by atoms with Crippen LogP contribution >= 0.6 is 0 Å². The fraction of sp³-hybridized carbons (Fsp3) is 0.200. The molecule has 7 nitrogen and oxygen atoms in total. The number of ketones is 1. The number of allylic oxidation sites excluding steroid dienone is 3. The maximum Gasteiger partial charge on any atom is 0.273 e. The molecule has 0 aliphatic heterocycles. The predicted octanol–water partition coefficient (Wildman–Crippen LogP) is 1.99. The van der Waals surface area contributed by atoms with Crippen LogP contribution in [0.1, 0.15) is 45.9 Å². The molecule has 0 radical (unpaired) electrons. The van der Waals surface area contributed by atoms with Gasteiger partial charge in [-0.2, -0.15) is 5.10 Å². The highest BCUT2D eigenvalue weighted by molar-refractivity contribution is 5.99. The third-order valence-corrected chi connectivity index (χ3v) is 4.31. The van der Waals surface area contributed by atoms with E-state index in [1.807, 2.05) is 37.3 Å². The van der Waals surface area contributed by atoms with Gasteiger partial charge in [0.15, 0.2) is 11.5 Å². The van der Waals surface area contributed by atoms with Crippen molar-refractivity contribution >= 4 is 17.6 Å². The highest BCUT2D eigenvalue weighted by Crippen LogP contribution is 2.20. The lowest BCUT2D eigenvalue weighted by atomic mass is 10.1. The lowest BCUT2D eigenvalue weighted by molar-refractivity contribution is -0.113. The minimum atomic E-state index is -0.398. The second-order valence-electron chi connectivity index (χ2n) is 6.14. The number of nitrogens with one attached hydrogen (secondary N) is 2. The van der Waals surface area contributed by atoms with Crippen LogP contribution in [0, 0.1) is 0 Å². The average molecular weight is 364 g/mol. The van der Waals surface area contributed by atoms with Crippen molar-refractivity contribution in [2.45, 2.75) is 19.4 Å². The fourth-order valence-electron chi connectivity index (χ4n) is 2.79. The molecule has 2 N–H and O–H groups in total. The Morgan fingerprint density at radius 2 is 1.89 bits per heavy atom. The van der Waals surface area contributed by atoms with E-state index in [-0.39, 0.29) is 35.5 Å². The third-order valence-electron chi connectivity index (χ3n) is 4.31. The van der Waals surface area contributed by atoms with Crippen LogP contribution in [-0.4, -0.2) is 34.4 Å². The van der Waals surface area contributed by atoms with Crippen LogP contribution in [0.25, 0.3) is 0 Å². The number of rotatable bonds is 5. The summed E-state index contributed by atoms with van der Waals surface area (Å²) in [5.74, 6) is -0.784. The van der Waals surface area contributed by atoms with Gasteiger partial charge in [-0.15, -0.1) is 0 Å². The summed E-state index contributed by atoms with van der Waals surface area (Å²) < 4.78 is 1.54. The number of amides is 2. The van der Waals surface area contributed by atoms with Crippen LogP contribution in [0.3, 0.4) is 0 Å². The number of carbonyl (C=O) groups excluding carboxylic acids is 3.